The smallest absolute Gasteiger partial charge is 0.175 e. The van der Waals surface area contributed by atoms with Crippen molar-refractivity contribution >= 4 is 5.78 Å². The minimum Gasteiger partial charge on any atom is -0.368 e. The molecule has 5 nitrogen and oxygen atoms in total. The number of carbonyl (C=O) groups excluding carboxylic acids is 1. The highest BCUT2D eigenvalue weighted by molar-refractivity contribution is 5.98. The molecule has 0 radical (unpaired) electrons. The Morgan fingerprint density at radius 1 is 1.04 bits per heavy atom. The molecule has 5 heteroatoms. The zero-order valence-corrected chi connectivity index (χ0v) is 15.7. The number of ether oxygens (including phenoxy) is 4. The quantitative estimate of drug-likeness (QED) is 0.622. The van der Waals surface area contributed by atoms with E-state index in [0.717, 1.165) is 24.8 Å². The summed E-state index contributed by atoms with van der Waals surface area (Å²) in [5, 5.41) is 0. The molecule has 8 atom stereocenters. The second-order valence-electron chi connectivity index (χ2n) is 10.1. The third-order valence-electron chi connectivity index (χ3n) is 9.46. The van der Waals surface area contributed by atoms with Gasteiger partial charge in [0.25, 0.3) is 0 Å². The molecule has 4 aliphatic carbocycles. The van der Waals surface area contributed by atoms with Crippen molar-refractivity contribution in [3.8, 4) is 0 Å². The average molecular weight is 358 g/mol. The zero-order chi connectivity index (χ0) is 17.7. The molecule has 0 amide bonds. The molecular formula is C21H26O5. The number of fused-ring (bicyclic) bond motifs is 6. The third-order valence-corrected chi connectivity index (χ3v) is 9.46. The van der Waals surface area contributed by atoms with E-state index in [1.165, 1.54) is 5.57 Å². The van der Waals surface area contributed by atoms with Crippen LogP contribution in [0.25, 0.3) is 0 Å². The summed E-state index contributed by atoms with van der Waals surface area (Å²) in [6.07, 6.45) is 3.86. The molecule has 6 fully saturated rings. The second kappa shape index (κ2) is 4.00. The van der Waals surface area contributed by atoms with Crippen molar-refractivity contribution in [2.24, 2.45) is 23.2 Å². The van der Waals surface area contributed by atoms with Crippen LogP contribution >= 0.6 is 0 Å². The molecule has 3 aliphatic heterocycles. The number of rotatable bonds is 0. The van der Waals surface area contributed by atoms with Gasteiger partial charge in [-0.2, -0.15) is 0 Å². The summed E-state index contributed by atoms with van der Waals surface area (Å²) in [5.41, 5.74) is 1.95. The van der Waals surface area contributed by atoms with Crippen molar-refractivity contribution in [3.63, 3.8) is 0 Å². The fourth-order valence-corrected chi connectivity index (χ4v) is 8.62. The van der Waals surface area contributed by atoms with Gasteiger partial charge in [-0.1, -0.05) is 5.57 Å². The second-order valence-corrected chi connectivity index (χ2v) is 10.1. The molecule has 26 heavy (non-hydrogen) atoms. The molecule has 0 N–H and O–H groups in total. The van der Waals surface area contributed by atoms with Crippen LogP contribution in [-0.2, 0) is 23.7 Å². The number of ketones is 1. The largest absolute Gasteiger partial charge is 0.368 e. The van der Waals surface area contributed by atoms with Gasteiger partial charge in [0.05, 0.1) is 30.8 Å². The van der Waals surface area contributed by atoms with E-state index < -0.39 is 5.79 Å². The van der Waals surface area contributed by atoms with Gasteiger partial charge >= 0.3 is 0 Å². The molecule has 0 aromatic rings. The standard InChI is InChI=1S/C21H26O5/c1-10-11-4-5-20-14-9-21(23-6-7-24-21)17(20)19(3)15(25-19)16(20)26-18(14,2)12(11)8-13(10)22/h12,14-17H,4-9H2,1-3H3/t12-,14-,15-,16-,17+,18-,19-,20-/m0/s1. The molecule has 3 heterocycles. The van der Waals surface area contributed by atoms with E-state index in [-0.39, 0.29) is 40.7 Å². The molecule has 140 valence electrons. The van der Waals surface area contributed by atoms with Gasteiger partial charge in [0, 0.05) is 30.1 Å². The number of Topliss-reactive ketones (excluding diaryl/α,β-unsaturated/α-hetero) is 1. The van der Waals surface area contributed by atoms with Crippen molar-refractivity contribution < 1.29 is 23.7 Å². The Bertz CT molecular complexity index is 796. The van der Waals surface area contributed by atoms with Crippen LogP contribution in [0.1, 0.15) is 46.5 Å². The van der Waals surface area contributed by atoms with E-state index in [9.17, 15) is 4.79 Å². The number of hydrogen-bond acceptors (Lipinski definition) is 5. The highest BCUT2D eigenvalue weighted by Gasteiger charge is 2.91. The highest BCUT2D eigenvalue weighted by atomic mass is 16.7. The third kappa shape index (κ3) is 1.27. The Morgan fingerprint density at radius 3 is 2.54 bits per heavy atom. The lowest BCUT2D eigenvalue weighted by molar-refractivity contribution is -0.223. The molecule has 3 saturated carbocycles. The number of allylic oxidation sites excluding steroid dienone is 1. The van der Waals surface area contributed by atoms with Gasteiger partial charge in [-0.05, 0) is 39.2 Å². The van der Waals surface area contributed by atoms with Crippen LogP contribution < -0.4 is 0 Å². The first kappa shape index (κ1) is 15.2. The normalized spacial score (nSPS) is 60.4. The summed E-state index contributed by atoms with van der Waals surface area (Å²) in [7, 11) is 0. The summed E-state index contributed by atoms with van der Waals surface area (Å²) in [4.78, 5) is 12.5. The molecule has 3 saturated heterocycles. The van der Waals surface area contributed by atoms with E-state index in [0.29, 0.717) is 31.3 Å². The van der Waals surface area contributed by atoms with Crippen LogP contribution in [0.5, 0.6) is 0 Å². The Balaban J connectivity index is 1.45. The van der Waals surface area contributed by atoms with Gasteiger partial charge in [-0.15, -0.1) is 0 Å². The first-order valence-electron chi connectivity index (χ1n) is 10.2. The Labute approximate surface area is 153 Å². The first-order chi connectivity index (χ1) is 12.4. The van der Waals surface area contributed by atoms with Crippen molar-refractivity contribution in [3.05, 3.63) is 11.1 Å². The zero-order valence-electron chi connectivity index (χ0n) is 15.7. The van der Waals surface area contributed by atoms with E-state index >= 15 is 0 Å². The fourth-order valence-electron chi connectivity index (χ4n) is 8.62. The molecule has 0 unspecified atom stereocenters. The highest BCUT2D eigenvalue weighted by Crippen LogP contribution is 2.82. The van der Waals surface area contributed by atoms with Gasteiger partial charge in [0.2, 0.25) is 0 Å². The number of hydrogen-bond donors (Lipinski definition) is 0. The molecule has 0 aromatic carbocycles. The van der Waals surface area contributed by atoms with Crippen LogP contribution in [0.4, 0.5) is 0 Å². The summed E-state index contributed by atoms with van der Waals surface area (Å²) >= 11 is 0. The van der Waals surface area contributed by atoms with E-state index in [1.807, 2.05) is 6.92 Å². The Hall–Kier alpha value is -0.750. The topological polar surface area (TPSA) is 57.3 Å². The molecule has 2 bridgehead atoms. The number of carbonyl (C=O) groups is 1. The summed E-state index contributed by atoms with van der Waals surface area (Å²) in [6, 6.07) is 0. The van der Waals surface area contributed by atoms with Crippen molar-refractivity contribution in [2.75, 3.05) is 13.2 Å². The van der Waals surface area contributed by atoms with Crippen molar-refractivity contribution in [1.82, 2.24) is 0 Å². The molecule has 7 aliphatic rings. The maximum absolute atomic E-state index is 12.5. The number of epoxide rings is 1. The van der Waals surface area contributed by atoms with Crippen LogP contribution in [0.2, 0.25) is 0 Å². The predicted octanol–water partition coefficient (Wildman–Crippen LogP) is 2.38. The lowest BCUT2D eigenvalue weighted by Gasteiger charge is -2.40. The lowest BCUT2D eigenvalue weighted by atomic mass is 9.65. The summed E-state index contributed by atoms with van der Waals surface area (Å²) in [5.74, 6) is 0.632. The van der Waals surface area contributed by atoms with E-state index in [2.05, 4.69) is 13.8 Å². The predicted molar refractivity (Wildman–Crippen MR) is 90.3 cm³/mol. The minimum atomic E-state index is -0.507. The van der Waals surface area contributed by atoms with E-state index in [4.69, 9.17) is 18.9 Å². The SMILES string of the molecule is CC1=C2CC[C@]34[C@@H]5C6(C[C@H]3[C@@](C)(O[C@H]4[C@@H]3O[C@]53C)[C@H]2CC1=O)OCCO6. The van der Waals surface area contributed by atoms with Gasteiger partial charge in [-0.3, -0.25) is 4.79 Å². The molecule has 2 spiro atoms. The van der Waals surface area contributed by atoms with Gasteiger partial charge < -0.3 is 18.9 Å². The Morgan fingerprint density at radius 2 is 1.77 bits per heavy atom. The monoisotopic (exact) mass is 358 g/mol. The average Bonchev–Trinajstić information content (AvgIpc) is 2.99. The van der Waals surface area contributed by atoms with Crippen LogP contribution in [0.15, 0.2) is 11.1 Å². The van der Waals surface area contributed by atoms with Gasteiger partial charge in [0.1, 0.15) is 11.7 Å². The molecule has 0 aromatic heterocycles. The van der Waals surface area contributed by atoms with Crippen LogP contribution in [-0.4, -0.2) is 48.2 Å². The Kier molecular flexibility index (Phi) is 2.34. The van der Waals surface area contributed by atoms with Crippen LogP contribution in [0, 0.1) is 23.2 Å². The maximum Gasteiger partial charge on any atom is 0.175 e. The van der Waals surface area contributed by atoms with Crippen molar-refractivity contribution in [2.45, 2.75) is 75.7 Å². The van der Waals surface area contributed by atoms with E-state index in [1.54, 1.807) is 0 Å². The van der Waals surface area contributed by atoms with Crippen LogP contribution in [0.3, 0.4) is 0 Å². The van der Waals surface area contributed by atoms with Crippen molar-refractivity contribution in [1.29, 1.82) is 0 Å². The van der Waals surface area contributed by atoms with Gasteiger partial charge in [-0.25, -0.2) is 0 Å². The first-order valence-corrected chi connectivity index (χ1v) is 10.2. The minimum absolute atomic E-state index is 0.0669. The lowest BCUT2D eigenvalue weighted by Crippen LogP contribution is -2.48. The summed E-state index contributed by atoms with van der Waals surface area (Å²) < 4.78 is 25.8. The van der Waals surface area contributed by atoms with Gasteiger partial charge in [0.15, 0.2) is 11.6 Å². The maximum atomic E-state index is 12.5. The fraction of sp³-hybridized carbons (Fsp3) is 0.857. The molecule has 7 rings (SSSR count). The molecular weight excluding hydrogens is 332 g/mol. The summed E-state index contributed by atoms with van der Waals surface area (Å²) in [6.45, 7) is 7.88.